The third-order valence-corrected chi connectivity index (χ3v) is 2.94. The number of aromatic carboxylic acids is 1. The lowest BCUT2D eigenvalue weighted by Gasteiger charge is -2.10. The molecule has 2 aromatic rings. The summed E-state index contributed by atoms with van der Waals surface area (Å²) in [6, 6.07) is 5.12. The highest BCUT2D eigenvalue weighted by molar-refractivity contribution is 6.33. The molecule has 1 aromatic heterocycles. The summed E-state index contributed by atoms with van der Waals surface area (Å²) in [6.07, 6.45) is 1.26. The number of carbonyl (C=O) groups is 1. The first-order valence-electron chi connectivity index (χ1n) is 6.13. The Balaban J connectivity index is 2.47. The minimum atomic E-state index is -1.21. The van der Waals surface area contributed by atoms with Crippen molar-refractivity contribution in [3.8, 4) is 22.9 Å². The van der Waals surface area contributed by atoms with E-state index in [1.54, 1.807) is 18.2 Å². The van der Waals surface area contributed by atoms with Crippen molar-refractivity contribution in [3.05, 3.63) is 35.1 Å². The molecule has 1 aromatic carbocycles. The van der Waals surface area contributed by atoms with Crippen molar-refractivity contribution in [2.75, 3.05) is 13.7 Å². The quantitative estimate of drug-likeness (QED) is 0.914. The number of ether oxygens (including phenoxy) is 2. The first-order chi connectivity index (χ1) is 10.1. The van der Waals surface area contributed by atoms with Gasteiger partial charge in [0.2, 0.25) is 0 Å². The van der Waals surface area contributed by atoms with Gasteiger partial charge in [0.25, 0.3) is 0 Å². The molecule has 1 heterocycles. The van der Waals surface area contributed by atoms with E-state index in [2.05, 4.69) is 9.97 Å². The van der Waals surface area contributed by atoms with Crippen LogP contribution >= 0.6 is 11.6 Å². The standard InChI is InChI=1S/C14H13ClN2O4/c1-3-21-10-5-4-8(6-11(10)20-2)13-16-7-9(15)12(17-13)14(18)19/h4-7H,3H2,1-2H3,(H,18,19). The molecule has 0 aliphatic rings. The average molecular weight is 309 g/mol. The molecule has 110 valence electrons. The van der Waals surface area contributed by atoms with E-state index in [4.69, 9.17) is 26.2 Å². The van der Waals surface area contributed by atoms with Crippen LogP contribution < -0.4 is 9.47 Å². The molecule has 21 heavy (non-hydrogen) atoms. The molecule has 0 aliphatic carbocycles. The molecule has 0 radical (unpaired) electrons. The van der Waals surface area contributed by atoms with Gasteiger partial charge >= 0.3 is 5.97 Å². The van der Waals surface area contributed by atoms with Crippen LogP contribution in [0.4, 0.5) is 0 Å². The normalized spacial score (nSPS) is 10.2. The zero-order valence-electron chi connectivity index (χ0n) is 11.5. The van der Waals surface area contributed by atoms with Crippen LogP contribution in [0.2, 0.25) is 5.02 Å². The zero-order chi connectivity index (χ0) is 15.4. The van der Waals surface area contributed by atoms with Gasteiger partial charge < -0.3 is 14.6 Å². The van der Waals surface area contributed by atoms with Crippen molar-refractivity contribution < 1.29 is 19.4 Å². The van der Waals surface area contributed by atoms with Gasteiger partial charge in [-0.3, -0.25) is 0 Å². The summed E-state index contributed by atoms with van der Waals surface area (Å²) in [4.78, 5) is 19.0. The lowest BCUT2D eigenvalue weighted by atomic mass is 10.2. The van der Waals surface area contributed by atoms with Gasteiger partial charge in [-0.15, -0.1) is 0 Å². The lowest BCUT2D eigenvalue weighted by Crippen LogP contribution is -2.04. The van der Waals surface area contributed by atoms with Crippen molar-refractivity contribution in [2.24, 2.45) is 0 Å². The van der Waals surface area contributed by atoms with Crippen molar-refractivity contribution >= 4 is 17.6 Å². The number of halogens is 1. The van der Waals surface area contributed by atoms with E-state index in [1.165, 1.54) is 13.3 Å². The maximum Gasteiger partial charge on any atom is 0.356 e. The van der Waals surface area contributed by atoms with Gasteiger partial charge in [-0.2, -0.15) is 0 Å². The van der Waals surface area contributed by atoms with Gasteiger partial charge in [0.05, 0.1) is 24.9 Å². The number of hydrogen-bond donors (Lipinski definition) is 1. The molecule has 0 spiro atoms. The van der Waals surface area contributed by atoms with Crippen molar-refractivity contribution in [3.63, 3.8) is 0 Å². The van der Waals surface area contributed by atoms with E-state index in [-0.39, 0.29) is 16.5 Å². The number of nitrogens with zero attached hydrogens (tertiary/aromatic N) is 2. The van der Waals surface area contributed by atoms with E-state index >= 15 is 0 Å². The van der Waals surface area contributed by atoms with E-state index < -0.39 is 5.97 Å². The highest BCUT2D eigenvalue weighted by Crippen LogP contribution is 2.31. The number of rotatable bonds is 5. The Hall–Kier alpha value is -2.34. The summed E-state index contributed by atoms with van der Waals surface area (Å²) >= 11 is 5.75. The van der Waals surface area contributed by atoms with Crippen molar-refractivity contribution in [2.45, 2.75) is 6.92 Å². The number of carboxylic acid groups (broad SMARTS) is 1. The summed E-state index contributed by atoms with van der Waals surface area (Å²) in [5, 5.41) is 9.02. The summed E-state index contributed by atoms with van der Waals surface area (Å²) in [5.74, 6) is 0.153. The Bertz CT molecular complexity index is 676. The smallest absolute Gasteiger partial charge is 0.356 e. The Morgan fingerprint density at radius 1 is 1.38 bits per heavy atom. The molecule has 0 bridgehead atoms. The first-order valence-corrected chi connectivity index (χ1v) is 6.51. The second-order valence-corrected chi connectivity index (χ2v) is 4.40. The molecule has 0 fully saturated rings. The fourth-order valence-electron chi connectivity index (χ4n) is 1.74. The Kier molecular flexibility index (Phi) is 4.59. The van der Waals surface area contributed by atoms with Crippen molar-refractivity contribution in [1.29, 1.82) is 0 Å². The number of methoxy groups -OCH3 is 1. The van der Waals surface area contributed by atoms with Crippen LogP contribution in [0.3, 0.4) is 0 Å². The third-order valence-electron chi connectivity index (χ3n) is 2.67. The molecule has 7 heteroatoms. The average Bonchev–Trinajstić information content (AvgIpc) is 2.48. The number of carboxylic acids is 1. The lowest BCUT2D eigenvalue weighted by molar-refractivity contribution is 0.0690. The van der Waals surface area contributed by atoms with Gasteiger partial charge in [-0.1, -0.05) is 11.6 Å². The molecule has 0 saturated carbocycles. The summed E-state index contributed by atoms with van der Waals surface area (Å²) in [5.41, 5.74) is 0.365. The topological polar surface area (TPSA) is 81.5 Å². The van der Waals surface area contributed by atoms with E-state index in [0.717, 1.165) is 0 Å². The maximum absolute atomic E-state index is 11.0. The molecule has 1 N–H and O–H groups in total. The summed E-state index contributed by atoms with van der Waals surface area (Å²) < 4.78 is 10.7. The van der Waals surface area contributed by atoms with E-state index in [1.807, 2.05) is 6.92 Å². The van der Waals surface area contributed by atoms with E-state index in [0.29, 0.717) is 23.7 Å². The summed E-state index contributed by atoms with van der Waals surface area (Å²) in [7, 11) is 1.52. The Morgan fingerprint density at radius 3 is 2.76 bits per heavy atom. The van der Waals surface area contributed by atoms with E-state index in [9.17, 15) is 4.79 Å². The number of hydrogen-bond acceptors (Lipinski definition) is 5. The van der Waals surface area contributed by atoms with Crippen LogP contribution in [-0.4, -0.2) is 34.8 Å². The van der Waals surface area contributed by atoms with Gasteiger partial charge in [-0.25, -0.2) is 14.8 Å². The second kappa shape index (κ2) is 6.41. The minimum absolute atomic E-state index is 0.0100. The molecule has 0 aliphatic heterocycles. The Labute approximate surface area is 126 Å². The predicted molar refractivity (Wildman–Crippen MR) is 77.2 cm³/mol. The fourth-order valence-corrected chi connectivity index (χ4v) is 1.91. The Morgan fingerprint density at radius 2 is 2.14 bits per heavy atom. The van der Waals surface area contributed by atoms with Crippen molar-refractivity contribution in [1.82, 2.24) is 9.97 Å². The molecule has 0 atom stereocenters. The first kappa shape index (κ1) is 15.1. The van der Waals surface area contributed by atoms with Crippen LogP contribution in [0.1, 0.15) is 17.4 Å². The monoisotopic (exact) mass is 308 g/mol. The molecular weight excluding hydrogens is 296 g/mol. The van der Waals surface area contributed by atoms with Gasteiger partial charge in [-0.05, 0) is 25.1 Å². The summed E-state index contributed by atoms with van der Waals surface area (Å²) in [6.45, 7) is 2.38. The van der Waals surface area contributed by atoms with Crippen LogP contribution in [0, 0.1) is 0 Å². The van der Waals surface area contributed by atoms with Crippen LogP contribution in [0.15, 0.2) is 24.4 Å². The molecule has 0 amide bonds. The second-order valence-electron chi connectivity index (χ2n) is 3.99. The van der Waals surface area contributed by atoms with Crippen LogP contribution in [0.25, 0.3) is 11.4 Å². The SMILES string of the molecule is CCOc1ccc(-c2ncc(Cl)c(C(=O)O)n2)cc1OC. The molecule has 0 saturated heterocycles. The molecule has 2 rings (SSSR count). The number of aromatic nitrogens is 2. The fraction of sp³-hybridized carbons (Fsp3) is 0.214. The molecule has 6 nitrogen and oxygen atoms in total. The number of benzene rings is 1. The van der Waals surface area contributed by atoms with Crippen LogP contribution in [0.5, 0.6) is 11.5 Å². The highest BCUT2D eigenvalue weighted by atomic mass is 35.5. The zero-order valence-corrected chi connectivity index (χ0v) is 12.2. The van der Waals surface area contributed by atoms with Gasteiger partial charge in [0, 0.05) is 5.56 Å². The molecular formula is C14H13ClN2O4. The predicted octanol–water partition coefficient (Wildman–Crippen LogP) is 2.90. The largest absolute Gasteiger partial charge is 0.493 e. The minimum Gasteiger partial charge on any atom is -0.493 e. The highest BCUT2D eigenvalue weighted by Gasteiger charge is 2.15. The maximum atomic E-state index is 11.0. The molecule has 0 unspecified atom stereocenters. The van der Waals surface area contributed by atoms with Crippen LogP contribution in [-0.2, 0) is 0 Å². The van der Waals surface area contributed by atoms with Gasteiger partial charge in [0.15, 0.2) is 23.0 Å². The third kappa shape index (κ3) is 3.22. The van der Waals surface area contributed by atoms with Gasteiger partial charge in [0.1, 0.15) is 0 Å².